The van der Waals surface area contributed by atoms with E-state index in [9.17, 15) is 4.79 Å². The van der Waals surface area contributed by atoms with Gasteiger partial charge in [0.05, 0.1) is 6.61 Å². The molecule has 2 nitrogen and oxygen atoms in total. The molecule has 0 aliphatic carbocycles. The third-order valence-corrected chi connectivity index (χ3v) is 8.29. The van der Waals surface area contributed by atoms with Gasteiger partial charge < -0.3 is 4.74 Å². The number of hydrogen-bond acceptors (Lipinski definition) is 2. The lowest BCUT2D eigenvalue weighted by atomic mass is 10.1. The van der Waals surface area contributed by atoms with Gasteiger partial charge in [-0.2, -0.15) is 0 Å². The molecule has 0 fully saturated rings. The fourth-order valence-corrected chi connectivity index (χ4v) is 5.63. The van der Waals surface area contributed by atoms with Crippen LogP contribution in [-0.2, 0) is 9.53 Å². The average molecular weight is 606 g/mol. The number of halogens is 3. The Morgan fingerprint density at radius 2 is 1.50 bits per heavy atom. The van der Waals surface area contributed by atoms with Crippen LogP contribution in [0.1, 0.15) is 44.9 Å². The van der Waals surface area contributed by atoms with Gasteiger partial charge in [-0.1, -0.05) is 110 Å². The smallest absolute Gasteiger partial charge is 0.330 e. The van der Waals surface area contributed by atoms with E-state index < -0.39 is 0.564 Å². The molecule has 0 radical (unpaired) electrons. The van der Waals surface area contributed by atoms with Crippen molar-refractivity contribution in [2.45, 2.75) is 51.0 Å². The number of unbranched alkanes of at least 4 members (excludes halogenated alkanes) is 6. The molecule has 0 heterocycles. The zero-order valence-corrected chi connectivity index (χ0v) is 18.1. The molecule has 0 aromatic carbocycles. The van der Waals surface area contributed by atoms with Crippen molar-refractivity contribution >= 4 is 71.9 Å². The fourth-order valence-electron chi connectivity index (χ4n) is 1.54. The molecule has 0 aromatic rings. The number of carbonyl (C=O) groups excluding carboxylic acids is 1. The Kier molecular flexibility index (Phi) is 13.5. The molecule has 0 aliphatic rings. The molecule has 0 aromatic heterocycles. The van der Waals surface area contributed by atoms with Crippen molar-refractivity contribution in [1.29, 1.82) is 0 Å². The molecule has 18 heavy (non-hydrogen) atoms. The molecule has 6 heteroatoms. The first-order valence-corrected chi connectivity index (χ1v) is 17.9. The van der Waals surface area contributed by atoms with Crippen LogP contribution < -0.4 is 0 Å². The normalized spacial score (nSPS) is 11.3. The van der Waals surface area contributed by atoms with Gasteiger partial charge in [-0.3, -0.25) is 0 Å². The molecule has 0 unspecified atom stereocenters. The minimum Gasteiger partial charge on any atom is -0.463 e. The van der Waals surface area contributed by atoms with E-state index in [4.69, 9.17) is 4.74 Å². The van der Waals surface area contributed by atoms with Gasteiger partial charge in [-0.05, 0) is 12.5 Å². The van der Waals surface area contributed by atoms with Crippen LogP contribution in [0, 0.1) is 0 Å². The van der Waals surface area contributed by atoms with Crippen molar-refractivity contribution in [3.8, 4) is 0 Å². The maximum Gasteiger partial charge on any atom is 0.330 e. The summed E-state index contributed by atoms with van der Waals surface area (Å²) in [6, 6.07) is 1.42. The van der Waals surface area contributed by atoms with E-state index in [1.54, 1.807) is 0 Å². The van der Waals surface area contributed by atoms with Gasteiger partial charge >= 0.3 is 5.97 Å². The number of rotatable bonds is 11. The molecule has 0 amide bonds. The quantitative estimate of drug-likeness (QED) is 0.0756. The van der Waals surface area contributed by atoms with Gasteiger partial charge in [0.15, 0.2) is 0 Å². The highest BCUT2D eigenvalue weighted by Crippen LogP contribution is 2.35. The Morgan fingerprint density at radius 3 is 2.00 bits per heavy atom. The van der Waals surface area contributed by atoms with E-state index in [2.05, 4.69) is 72.0 Å². The number of ether oxygens (including phenoxy) is 1. The Morgan fingerprint density at radius 1 is 1.00 bits per heavy atom. The van der Waals surface area contributed by atoms with Crippen LogP contribution in [0.5, 0.6) is 0 Å². The molecular weight excluding hydrogens is 585 g/mol. The van der Waals surface area contributed by atoms with Gasteiger partial charge in [0.1, 0.15) is 0 Å². The van der Waals surface area contributed by atoms with Crippen LogP contribution in [-0.4, -0.2) is 13.1 Å². The van der Waals surface area contributed by atoms with Crippen molar-refractivity contribution < 1.29 is 9.53 Å². The van der Waals surface area contributed by atoms with Gasteiger partial charge in [0.2, 0.25) is 0 Å². The lowest BCUT2D eigenvalue weighted by Crippen LogP contribution is -2.04. The second-order valence-corrected chi connectivity index (χ2v) is 41.1. The van der Waals surface area contributed by atoms with Crippen LogP contribution in [0.4, 0.5) is 0 Å². The molecular formula is C12H21I3O2Si. The summed E-state index contributed by atoms with van der Waals surface area (Å²) in [5, 5.41) is 0. The summed E-state index contributed by atoms with van der Waals surface area (Å²) in [6.45, 7) is 3.90. The van der Waals surface area contributed by atoms with Crippen LogP contribution >= 0.6 is 65.4 Å². The number of carbonyl (C=O) groups is 1. The third kappa shape index (κ3) is 15.7. The lowest BCUT2D eigenvalue weighted by molar-refractivity contribution is -0.137. The number of esters is 1. The van der Waals surface area contributed by atoms with Crippen molar-refractivity contribution in [1.82, 2.24) is 0 Å². The van der Waals surface area contributed by atoms with Gasteiger partial charge in [0.25, 0.3) is 0.564 Å². The first-order valence-electron chi connectivity index (χ1n) is 6.31. The molecule has 0 bridgehead atoms. The standard InChI is InChI=1S/C12H21I3O2Si/c1-2-12(16)17-10-8-6-4-3-5-7-9-11-18(13,14)15/h2H,1,3-11H2. The molecule has 0 aliphatic heterocycles. The minimum absolute atomic E-state index is 0.306. The summed E-state index contributed by atoms with van der Waals surface area (Å²) in [5.74, 6) is -0.306. The topological polar surface area (TPSA) is 26.3 Å². The fraction of sp³-hybridized carbons (Fsp3) is 0.750. The largest absolute Gasteiger partial charge is 0.463 e. The average Bonchev–Trinajstić information content (AvgIpc) is 2.29. The van der Waals surface area contributed by atoms with Gasteiger partial charge in [-0.15, -0.1) is 0 Å². The zero-order chi connectivity index (χ0) is 13.9. The van der Waals surface area contributed by atoms with Gasteiger partial charge in [0, 0.05) is 6.08 Å². The van der Waals surface area contributed by atoms with E-state index in [-0.39, 0.29) is 5.97 Å². The second-order valence-electron chi connectivity index (χ2n) is 4.21. The van der Waals surface area contributed by atoms with E-state index in [1.165, 1.54) is 44.2 Å². The SMILES string of the molecule is C=CC(=O)OCCCCCCCCC[Si](I)(I)I. The predicted octanol–water partition coefficient (Wildman–Crippen LogP) is 5.69. The van der Waals surface area contributed by atoms with Crippen molar-refractivity contribution in [3.63, 3.8) is 0 Å². The third-order valence-electron chi connectivity index (χ3n) is 2.52. The first-order chi connectivity index (χ1) is 8.45. The maximum atomic E-state index is 10.8. The summed E-state index contributed by atoms with van der Waals surface area (Å²) in [6.07, 6.45) is 10.0. The van der Waals surface area contributed by atoms with Crippen LogP contribution in [0.25, 0.3) is 0 Å². The summed E-state index contributed by atoms with van der Waals surface area (Å²) in [7, 11) is 0. The van der Waals surface area contributed by atoms with Crippen LogP contribution in [0.2, 0.25) is 6.04 Å². The number of hydrogen-bond donors (Lipinski definition) is 0. The summed E-state index contributed by atoms with van der Waals surface area (Å²) < 4.78 is 4.01. The molecule has 0 rings (SSSR count). The molecule has 0 N–H and O–H groups in total. The molecule has 0 saturated carbocycles. The van der Waals surface area contributed by atoms with Crippen molar-refractivity contribution in [2.24, 2.45) is 0 Å². The second kappa shape index (κ2) is 12.4. The zero-order valence-electron chi connectivity index (χ0n) is 10.6. The Hall–Kier alpha value is 1.62. The summed E-state index contributed by atoms with van der Waals surface area (Å²) in [5.41, 5.74) is 0. The van der Waals surface area contributed by atoms with Crippen molar-refractivity contribution in [2.75, 3.05) is 6.61 Å². The van der Waals surface area contributed by atoms with E-state index >= 15 is 0 Å². The highest BCUT2D eigenvalue weighted by Gasteiger charge is 2.19. The highest BCUT2D eigenvalue weighted by molar-refractivity contribution is 14.4. The van der Waals surface area contributed by atoms with E-state index in [0.717, 1.165) is 12.8 Å². The first kappa shape index (κ1) is 19.6. The van der Waals surface area contributed by atoms with E-state index in [0.29, 0.717) is 6.61 Å². The maximum absolute atomic E-state index is 10.8. The molecule has 0 spiro atoms. The summed E-state index contributed by atoms with van der Waals surface area (Å²) >= 11 is 7.90. The lowest BCUT2D eigenvalue weighted by Gasteiger charge is -2.08. The van der Waals surface area contributed by atoms with E-state index in [1.807, 2.05) is 0 Å². The molecule has 106 valence electrons. The monoisotopic (exact) mass is 606 g/mol. The summed E-state index contributed by atoms with van der Waals surface area (Å²) in [4.78, 5) is 10.8. The Labute approximate surface area is 150 Å². The van der Waals surface area contributed by atoms with Gasteiger partial charge in [-0.25, -0.2) is 4.79 Å². The minimum atomic E-state index is -0.904. The Bertz CT molecular complexity index is 242. The van der Waals surface area contributed by atoms with Crippen LogP contribution in [0.15, 0.2) is 12.7 Å². The van der Waals surface area contributed by atoms with Crippen molar-refractivity contribution in [3.05, 3.63) is 12.7 Å². The van der Waals surface area contributed by atoms with Crippen LogP contribution in [0.3, 0.4) is 0 Å². The molecule has 0 saturated heterocycles. The molecule has 0 atom stereocenters. The highest BCUT2D eigenvalue weighted by atomic mass is 127. The predicted molar refractivity (Wildman–Crippen MR) is 106 cm³/mol. The Balaban J connectivity index is 3.12.